The Bertz CT molecular complexity index is 197. The van der Waals surface area contributed by atoms with Crippen molar-refractivity contribution in [1.29, 1.82) is 0 Å². The summed E-state index contributed by atoms with van der Waals surface area (Å²) in [5.41, 5.74) is 0.485. The lowest BCUT2D eigenvalue weighted by Gasteiger charge is -2.33. The predicted octanol–water partition coefficient (Wildman–Crippen LogP) is 4.89. The summed E-state index contributed by atoms with van der Waals surface area (Å²) in [6.45, 7) is 4.64. The molecule has 94 valence electrons. The van der Waals surface area contributed by atoms with Crippen molar-refractivity contribution >= 4 is 5.78 Å². The van der Waals surface area contributed by atoms with Crippen molar-refractivity contribution in [2.45, 2.75) is 84.5 Å². The van der Waals surface area contributed by atoms with Crippen LogP contribution in [-0.4, -0.2) is 5.78 Å². The standard InChI is InChI=1S/C15H28O/c1-3-4-5-6-7-8-11-15(2)12-9-14(16)10-13-15/h3-13H2,1-2H3. The van der Waals surface area contributed by atoms with Gasteiger partial charge in [-0.3, -0.25) is 4.79 Å². The molecule has 0 atom stereocenters. The molecule has 0 N–H and O–H groups in total. The largest absolute Gasteiger partial charge is 0.300 e. The van der Waals surface area contributed by atoms with Crippen molar-refractivity contribution in [3.8, 4) is 0 Å². The zero-order chi connectivity index (χ0) is 11.9. The van der Waals surface area contributed by atoms with Gasteiger partial charge < -0.3 is 0 Å². The van der Waals surface area contributed by atoms with Crippen LogP contribution < -0.4 is 0 Å². The van der Waals surface area contributed by atoms with Gasteiger partial charge in [-0.05, 0) is 24.7 Å². The Labute approximate surface area is 101 Å². The molecular formula is C15H28O. The number of unbranched alkanes of at least 4 members (excludes halogenated alkanes) is 5. The van der Waals surface area contributed by atoms with E-state index in [1.807, 2.05) is 0 Å². The van der Waals surface area contributed by atoms with Gasteiger partial charge in [-0.2, -0.15) is 0 Å². The van der Waals surface area contributed by atoms with Crippen LogP contribution in [0.25, 0.3) is 0 Å². The van der Waals surface area contributed by atoms with Crippen LogP contribution in [0.1, 0.15) is 84.5 Å². The first-order chi connectivity index (χ1) is 7.66. The van der Waals surface area contributed by atoms with Crippen molar-refractivity contribution in [3.05, 3.63) is 0 Å². The van der Waals surface area contributed by atoms with Crippen molar-refractivity contribution in [1.82, 2.24) is 0 Å². The van der Waals surface area contributed by atoms with E-state index >= 15 is 0 Å². The highest BCUT2D eigenvalue weighted by Crippen LogP contribution is 2.38. The molecule has 0 radical (unpaired) electrons. The minimum atomic E-state index is 0.485. The third-order valence-corrected chi connectivity index (χ3v) is 4.15. The van der Waals surface area contributed by atoms with Crippen LogP contribution in [-0.2, 0) is 4.79 Å². The average Bonchev–Trinajstić information content (AvgIpc) is 2.28. The van der Waals surface area contributed by atoms with Crippen molar-refractivity contribution in [2.75, 3.05) is 0 Å². The highest BCUT2D eigenvalue weighted by molar-refractivity contribution is 5.79. The van der Waals surface area contributed by atoms with E-state index in [9.17, 15) is 4.79 Å². The number of rotatable bonds is 7. The molecule has 0 aromatic carbocycles. The molecule has 1 rings (SSSR count). The van der Waals surface area contributed by atoms with Crippen LogP contribution >= 0.6 is 0 Å². The van der Waals surface area contributed by atoms with Crippen LogP contribution in [0.4, 0.5) is 0 Å². The molecule has 0 spiro atoms. The molecule has 0 heterocycles. The molecule has 0 aromatic rings. The van der Waals surface area contributed by atoms with Gasteiger partial charge >= 0.3 is 0 Å². The van der Waals surface area contributed by atoms with Crippen LogP contribution in [0, 0.1) is 5.41 Å². The average molecular weight is 224 g/mol. The van der Waals surface area contributed by atoms with E-state index in [4.69, 9.17) is 0 Å². The second kappa shape index (κ2) is 7.09. The van der Waals surface area contributed by atoms with Gasteiger partial charge in [0, 0.05) is 12.8 Å². The molecule has 16 heavy (non-hydrogen) atoms. The summed E-state index contributed by atoms with van der Waals surface area (Å²) in [6, 6.07) is 0. The second-order valence-corrected chi connectivity index (χ2v) is 5.87. The van der Waals surface area contributed by atoms with E-state index in [1.165, 1.54) is 44.9 Å². The van der Waals surface area contributed by atoms with Gasteiger partial charge in [0.2, 0.25) is 0 Å². The monoisotopic (exact) mass is 224 g/mol. The third-order valence-electron chi connectivity index (χ3n) is 4.15. The molecule has 1 heteroatoms. The Kier molecular flexibility index (Phi) is 6.08. The number of hydrogen-bond donors (Lipinski definition) is 0. The van der Waals surface area contributed by atoms with Gasteiger partial charge in [0.05, 0.1) is 0 Å². The summed E-state index contributed by atoms with van der Waals surface area (Å²) in [7, 11) is 0. The summed E-state index contributed by atoms with van der Waals surface area (Å²) in [6.07, 6.45) is 13.6. The van der Waals surface area contributed by atoms with Gasteiger partial charge in [0.25, 0.3) is 0 Å². The molecule has 0 bridgehead atoms. The van der Waals surface area contributed by atoms with Gasteiger partial charge in [0.15, 0.2) is 0 Å². The molecule has 1 nitrogen and oxygen atoms in total. The molecule has 1 fully saturated rings. The van der Waals surface area contributed by atoms with Gasteiger partial charge in [-0.25, -0.2) is 0 Å². The van der Waals surface area contributed by atoms with E-state index in [1.54, 1.807) is 0 Å². The zero-order valence-electron chi connectivity index (χ0n) is 11.2. The van der Waals surface area contributed by atoms with Crippen LogP contribution in [0.3, 0.4) is 0 Å². The molecule has 1 aliphatic carbocycles. The first-order valence-corrected chi connectivity index (χ1v) is 7.18. The maximum Gasteiger partial charge on any atom is 0.132 e. The quantitative estimate of drug-likeness (QED) is 0.563. The summed E-state index contributed by atoms with van der Waals surface area (Å²) in [4.78, 5) is 11.2. The number of Topliss-reactive ketones (excluding diaryl/α,β-unsaturated/α-hetero) is 1. The zero-order valence-corrected chi connectivity index (χ0v) is 11.2. The molecule has 0 aliphatic heterocycles. The Morgan fingerprint density at radius 2 is 1.56 bits per heavy atom. The predicted molar refractivity (Wildman–Crippen MR) is 69.6 cm³/mol. The Hall–Kier alpha value is -0.330. The molecule has 1 aliphatic rings. The highest BCUT2D eigenvalue weighted by Gasteiger charge is 2.29. The topological polar surface area (TPSA) is 17.1 Å². The Morgan fingerprint density at radius 3 is 2.19 bits per heavy atom. The molecule has 1 saturated carbocycles. The second-order valence-electron chi connectivity index (χ2n) is 5.87. The summed E-state index contributed by atoms with van der Waals surface area (Å²) < 4.78 is 0. The number of ketones is 1. The lowest BCUT2D eigenvalue weighted by Crippen LogP contribution is -2.24. The SMILES string of the molecule is CCCCCCCCC1(C)CCC(=O)CC1. The van der Waals surface area contributed by atoms with Gasteiger partial charge in [-0.15, -0.1) is 0 Å². The number of carbonyl (C=O) groups is 1. The van der Waals surface area contributed by atoms with Crippen LogP contribution in [0.15, 0.2) is 0 Å². The van der Waals surface area contributed by atoms with Crippen LogP contribution in [0.2, 0.25) is 0 Å². The first kappa shape index (κ1) is 13.7. The van der Waals surface area contributed by atoms with E-state index in [0.717, 1.165) is 25.7 Å². The smallest absolute Gasteiger partial charge is 0.132 e. The van der Waals surface area contributed by atoms with Gasteiger partial charge in [0.1, 0.15) is 5.78 Å². The summed E-state index contributed by atoms with van der Waals surface area (Å²) in [5.74, 6) is 0.487. The minimum Gasteiger partial charge on any atom is -0.300 e. The Morgan fingerprint density at radius 1 is 1.00 bits per heavy atom. The molecule has 0 saturated heterocycles. The third kappa shape index (κ3) is 5.14. The fourth-order valence-electron chi connectivity index (χ4n) is 2.71. The highest BCUT2D eigenvalue weighted by atomic mass is 16.1. The van der Waals surface area contributed by atoms with E-state index < -0.39 is 0 Å². The lowest BCUT2D eigenvalue weighted by atomic mass is 9.72. The fraction of sp³-hybridized carbons (Fsp3) is 0.933. The van der Waals surface area contributed by atoms with Crippen LogP contribution in [0.5, 0.6) is 0 Å². The maximum absolute atomic E-state index is 11.2. The van der Waals surface area contributed by atoms with Crippen molar-refractivity contribution < 1.29 is 4.79 Å². The van der Waals surface area contributed by atoms with E-state index in [-0.39, 0.29) is 0 Å². The van der Waals surface area contributed by atoms with Gasteiger partial charge in [-0.1, -0.05) is 52.4 Å². The Balaban J connectivity index is 2.05. The number of hydrogen-bond acceptors (Lipinski definition) is 1. The lowest BCUT2D eigenvalue weighted by molar-refractivity contribution is -0.122. The van der Waals surface area contributed by atoms with Crippen molar-refractivity contribution in [3.63, 3.8) is 0 Å². The van der Waals surface area contributed by atoms with Crippen molar-refractivity contribution in [2.24, 2.45) is 5.41 Å². The molecule has 0 aromatic heterocycles. The van der Waals surface area contributed by atoms with E-state index in [2.05, 4.69) is 13.8 Å². The summed E-state index contributed by atoms with van der Waals surface area (Å²) >= 11 is 0. The first-order valence-electron chi connectivity index (χ1n) is 7.18. The maximum atomic E-state index is 11.2. The van der Waals surface area contributed by atoms with E-state index in [0.29, 0.717) is 11.2 Å². The molecule has 0 amide bonds. The number of carbonyl (C=O) groups excluding carboxylic acids is 1. The summed E-state index contributed by atoms with van der Waals surface area (Å²) in [5, 5.41) is 0. The molecule has 0 unspecified atom stereocenters. The molecular weight excluding hydrogens is 196 g/mol. The minimum absolute atomic E-state index is 0.485. The normalized spacial score (nSPS) is 20.0. The fourth-order valence-corrected chi connectivity index (χ4v) is 2.71.